The molecule has 0 unspecified atom stereocenters. The van der Waals surface area contributed by atoms with E-state index in [4.69, 9.17) is 0 Å². The lowest BCUT2D eigenvalue weighted by Crippen LogP contribution is -2.26. The third kappa shape index (κ3) is 3.32. The van der Waals surface area contributed by atoms with E-state index < -0.39 is 0 Å². The third-order valence-corrected chi connectivity index (χ3v) is 11.0. The van der Waals surface area contributed by atoms with E-state index >= 15 is 0 Å². The van der Waals surface area contributed by atoms with Crippen molar-refractivity contribution >= 4 is 48.6 Å². The van der Waals surface area contributed by atoms with Crippen molar-refractivity contribution in [2.45, 2.75) is 5.41 Å². The molecule has 1 spiro atoms. The van der Waals surface area contributed by atoms with Crippen LogP contribution in [0.3, 0.4) is 0 Å². The predicted molar refractivity (Wildman–Crippen MR) is 190 cm³/mol. The van der Waals surface area contributed by atoms with Crippen LogP contribution >= 0.6 is 11.3 Å². The summed E-state index contributed by atoms with van der Waals surface area (Å²) in [7, 11) is 0. The molecular weight excluding hydrogens is 563 g/mol. The number of benzene rings is 7. The summed E-state index contributed by atoms with van der Waals surface area (Å²) in [5, 5.41) is 2.62. The van der Waals surface area contributed by atoms with Crippen LogP contribution in [-0.2, 0) is 5.41 Å². The number of fused-ring (bicyclic) bond motifs is 13. The molecule has 0 aliphatic heterocycles. The zero-order chi connectivity index (χ0) is 29.5. The summed E-state index contributed by atoms with van der Waals surface area (Å²) < 4.78 is 2.64. The first kappa shape index (κ1) is 24.9. The molecule has 0 radical (unpaired) electrons. The largest absolute Gasteiger partial charge is 0.310 e. The van der Waals surface area contributed by atoms with Crippen LogP contribution < -0.4 is 4.90 Å². The molecule has 0 atom stereocenters. The second-order valence-corrected chi connectivity index (χ2v) is 13.2. The number of anilines is 3. The summed E-state index contributed by atoms with van der Waals surface area (Å²) in [6.45, 7) is 0. The standard InChI is InChI=1S/C43H27NS/c1-2-12-28(13-3-1)44(29-23-25-42-36(26-29)35-17-7-11-21-41(35)45-42)30-22-24-34-33-16-6-10-20-39(33)43(40(34)27-30)37-18-8-4-14-31(37)32-15-5-9-19-38(32)43/h1-27H. The third-order valence-electron chi connectivity index (χ3n) is 9.87. The SMILES string of the molecule is c1ccc(N(c2ccc3c(c2)C2(c4ccccc4-c4ccccc42)c2ccccc2-3)c2ccc3sc4ccccc4c3c2)cc1. The molecule has 210 valence electrons. The Bertz CT molecular complexity index is 2390. The van der Waals surface area contributed by atoms with Gasteiger partial charge in [0.2, 0.25) is 0 Å². The van der Waals surface area contributed by atoms with Crippen LogP contribution in [0.1, 0.15) is 22.3 Å². The van der Waals surface area contributed by atoms with Crippen molar-refractivity contribution in [3.63, 3.8) is 0 Å². The second kappa shape index (κ2) is 9.28. The van der Waals surface area contributed by atoms with Gasteiger partial charge in [-0.3, -0.25) is 0 Å². The number of nitrogens with zero attached hydrogens (tertiary/aromatic N) is 1. The van der Waals surface area contributed by atoms with Crippen LogP contribution in [-0.4, -0.2) is 0 Å². The fourth-order valence-corrected chi connectivity index (χ4v) is 9.19. The Morgan fingerprint density at radius 2 is 0.867 bits per heavy atom. The van der Waals surface area contributed by atoms with Gasteiger partial charge in [0.15, 0.2) is 0 Å². The molecular formula is C43H27NS. The molecule has 0 bridgehead atoms. The molecule has 8 aromatic rings. The monoisotopic (exact) mass is 589 g/mol. The van der Waals surface area contributed by atoms with Crippen molar-refractivity contribution in [3.8, 4) is 22.3 Å². The van der Waals surface area contributed by atoms with Crippen molar-refractivity contribution in [1.29, 1.82) is 0 Å². The van der Waals surface area contributed by atoms with Gasteiger partial charge in [-0.15, -0.1) is 11.3 Å². The van der Waals surface area contributed by atoms with E-state index in [2.05, 4.69) is 169 Å². The van der Waals surface area contributed by atoms with Gasteiger partial charge in [-0.05, 0) is 93.0 Å². The van der Waals surface area contributed by atoms with Gasteiger partial charge in [-0.1, -0.05) is 115 Å². The Morgan fingerprint density at radius 1 is 0.356 bits per heavy atom. The summed E-state index contributed by atoms with van der Waals surface area (Å²) >= 11 is 1.86. The highest BCUT2D eigenvalue weighted by Crippen LogP contribution is 2.63. The first-order chi connectivity index (χ1) is 22.3. The highest BCUT2D eigenvalue weighted by Gasteiger charge is 2.51. The number of hydrogen-bond acceptors (Lipinski definition) is 2. The Morgan fingerprint density at radius 3 is 1.56 bits per heavy atom. The van der Waals surface area contributed by atoms with E-state index in [0.29, 0.717) is 0 Å². The zero-order valence-electron chi connectivity index (χ0n) is 24.4. The first-order valence-corrected chi connectivity index (χ1v) is 16.3. The average molecular weight is 590 g/mol. The van der Waals surface area contributed by atoms with Crippen LogP contribution in [0.5, 0.6) is 0 Å². The topological polar surface area (TPSA) is 3.24 Å². The minimum atomic E-state index is -0.370. The van der Waals surface area contributed by atoms with Crippen LogP contribution in [0.4, 0.5) is 17.1 Å². The molecule has 7 aromatic carbocycles. The molecule has 0 amide bonds. The molecule has 0 fully saturated rings. The Hall–Kier alpha value is -5.44. The fourth-order valence-electron chi connectivity index (χ4n) is 8.10. The zero-order valence-corrected chi connectivity index (χ0v) is 25.3. The lowest BCUT2D eigenvalue weighted by molar-refractivity contribution is 0.793. The normalized spacial score (nSPS) is 13.5. The van der Waals surface area contributed by atoms with E-state index in [-0.39, 0.29) is 5.41 Å². The highest BCUT2D eigenvalue weighted by atomic mass is 32.1. The number of rotatable bonds is 3. The van der Waals surface area contributed by atoms with Gasteiger partial charge in [0.1, 0.15) is 0 Å². The summed E-state index contributed by atoms with van der Waals surface area (Å²) in [6.07, 6.45) is 0. The van der Waals surface area contributed by atoms with E-state index in [1.807, 2.05) is 11.3 Å². The maximum absolute atomic E-state index is 2.47. The van der Waals surface area contributed by atoms with Crippen molar-refractivity contribution in [2.24, 2.45) is 0 Å². The lowest BCUT2D eigenvalue weighted by Gasteiger charge is -2.32. The van der Waals surface area contributed by atoms with E-state index in [1.165, 1.54) is 64.7 Å². The van der Waals surface area contributed by atoms with Gasteiger partial charge in [0, 0.05) is 37.2 Å². The minimum absolute atomic E-state index is 0.370. The maximum Gasteiger partial charge on any atom is 0.0726 e. The average Bonchev–Trinajstić information content (AvgIpc) is 3.73. The van der Waals surface area contributed by atoms with Gasteiger partial charge in [0.05, 0.1) is 5.41 Å². The lowest BCUT2D eigenvalue weighted by atomic mass is 9.70. The van der Waals surface area contributed by atoms with Crippen LogP contribution in [0.15, 0.2) is 164 Å². The molecule has 10 rings (SSSR count). The molecule has 1 heterocycles. The van der Waals surface area contributed by atoms with Gasteiger partial charge >= 0.3 is 0 Å². The molecule has 0 saturated carbocycles. The molecule has 1 nitrogen and oxygen atoms in total. The molecule has 45 heavy (non-hydrogen) atoms. The predicted octanol–water partition coefficient (Wildman–Crippen LogP) is 11.9. The van der Waals surface area contributed by atoms with Crippen molar-refractivity contribution < 1.29 is 0 Å². The van der Waals surface area contributed by atoms with Crippen molar-refractivity contribution in [1.82, 2.24) is 0 Å². The van der Waals surface area contributed by atoms with Gasteiger partial charge < -0.3 is 4.90 Å². The van der Waals surface area contributed by atoms with Crippen LogP contribution in [0.25, 0.3) is 42.4 Å². The van der Waals surface area contributed by atoms with E-state index in [0.717, 1.165) is 17.1 Å². The fraction of sp³-hybridized carbons (Fsp3) is 0.0233. The summed E-state index contributed by atoms with van der Waals surface area (Å²) in [6, 6.07) is 60.7. The van der Waals surface area contributed by atoms with Gasteiger partial charge in [0.25, 0.3) is 0 Å². The Kier molecular flexibility index (Phi) is 5.14. The molecule has 1 aromatic heterocycles. The van der Waals surface area contributed by atoms with Crippen molar-refractivity contribution in [3.05, 3.63) is 186 Å². The Balaban J connectivity index is 1.26. The van der Waals surface area contributed by atoms with Gasteiger partial charge in [-0.25, -0.2) is 0 Å². The minimum Gasteiger partial charge on any atom is -0.310 e. The molecule has 0 N–H and O–H groups in total. The number of hydrogen-bond donors (Lipinski definition) is 0. The maximum atomic E-state index is 2.47. The summed E-state index contributed by atoms with van der Waals surface area (Å²) in [5.41, 5.74) is 13.8. The second-order valence-electron chi connectivity index (χ2n) is 12.1. The summed E-state index contributed by atoms with van der Waals surface area (Å²) in [4.78, 5) is 2.43. The number of para-hydroxylation sites is 1. The quantitative estimate of drug-likeness (QED) is 0.198. The molecule has 0 saturated heterocycles. The first-order valence-electron chi connectivity index (χ1n) is 15.5. The van der Waals surface area contributed by atoms with Gasteiger partial charge in [-0.2, -0.15) is 0 Å². The molecule has 2 aliphatic carbocycles. The molecule has 2 aliphatic rings. The van der Waals surface area contributed by atoms with Crippen molar-refractivity contribution in [2.75, 3.05) is 4.90 Å². The Labute approximate surface area is 266 Å². The highest BCUT2D eigenvalue weighted by molar-refractivity contribution is 7.25. The summed E-state index contributed by atoms with van der Waals surface area (Å²) in [5.74, 6) is 0. The van der Waals surface area contributed by atoms with Crippen LogP contribution in [0.2, 0.25) is 0 Å². The number of thiophene rings is 1. The van der Waals surface area contributed by atoms with E-state index in [9.17, 15) is 0 Å². The smallest absolute Gasteiger partial charge is 0.0726 e. The molecule has 2 heteroatoms. The van der Waals surface area contributed by atoms with E-state index in [1.54, 1.807) is 0 Å². The van der Waals surface area contributed by atoms with Crippen LogP contribution in [0, 0.1) is 0 Å².